The first-order valence-corrected chi connectivity index (χ1v) is 5.58. The fourth-order valence-electron chi connectivity index (χ4n) is 3.26. The van der Waals surface area contributed by atoms with E-state index in [0.717, 1.165) is 32.1 Å². The highest BCUT2D eigenvalue weighted by molar-refractivity contribution is 5.82. The zero-order valence-electron chi connectivity index (χ0n) is 8.54. The maximum absolute atomic E-state index is 11.9. The van der Waals surface area contributed by atoms with E-state index in [4.69, 9.17) is 9.47 Å². The Bertz CT molecular complexity index is 288. The Morgan fingerprint density at radius 1 is 1.29 bits per heavy atom. The predicted octanol–water partition coefficient (Wildman–Crippen LogP) is 2.00. The third-order valence-electron chi connectivity index (χ3n) is 4.01. The van der Waals surface area contributed by atoms with E-state index in [1.54, 1.807) is 0 Å². The molecule has 0 N–H and O–H groups in total. The molecule has 1 spiro atoms. The van der Waals surface area contributed by atoms with E-state index < -0.39 is 11.4 Å². The summed E-state index contributed by atoms with van der Waals surface area (Å²) < 4.78 is 11.3. The Morgan fingerprint density at radius 2 is 2.14 bits per heavy atom. The van der Waals surface area contributed by atoms with Gasteiger partial charge in [0.15, 0.2) is 5.60 Å². The van der Waals surface area contributed by atoms with Gasteiger partial charge in [0.1, 0.15) is 0 Å². The van der Waals surface area contributed by atoms with Gasteiger partial charge in [0.25, 0.3) is 0 Å². The summed E-state index contributed by atoms with van der Waals surface area (Å²) in [5.41, 5.74) is -0.550. The molecule has 2 heterocycles. The van der Waals surface area contributed by atoms with Crippen LogP contribution in [0.3, 0.4) is 0 Å². The van der Waals surface area contributed by atoms with Gasteiger partial charge in [-0.2, -0.15) is 0 Å². The molecule has 3 nitrogen and oxygen atoms in total. The average molecular weight is 196 g/mol. The lowest BCUT2D eigenvalue weighted by atomic mass is 9.72. The molecule has 3 rings (SSSR count). The van der Waals surface area contributed by atoms with Crippen molar-refractivity contribution < 1.29 is 14.3 Å². The molecule has 78 valence electrons. The minimum Gasteiger partial charge on any atom is -0.431 e. The fraction of sp³-hybridized carbons (Fsp3) is 0.909. The third kappa shape index (κ3) is 0.937. The minimum atomic E-state index is -0.606. The van der Waals surface area contributed by atoms with Gasteiger partial charge in [0.2, 0.25) is 5.79 Å². The molecule has 0 aromatic heterocycles. The number of rotatable bonds is 0. The van der Waals surface area contributed by atoms with Crippen LogP contribution in [0, 0.1) is 5.92 Å². The highest BCUT2D eigenvalue weighted by Gasteiger charge is 2.63. The first-order valence-electron chi connectivity index (χ1n) is 5.58. The SMILES string of the molecule is CC12CCC3CCCCC3(O1)C(=O)O2. The summed E-state index contributed by atoms with van der Waals surface area (Å²) in [5, 5.41) is 0. The van der Waals surface area contributed by atoms with Gasteiger partial charge >= 0.3 is 5.97 Å². The summed E-state index contributed by atoms with van der Waals surface area (Å²) in [4.78, 5) is 11.9. The van der Waals surface area contributed by atoms with Crippen LogP contribution in [0.15, 0.2) is 0 Å². The Morgan fingerprint density at radius 3 is 3.00 bits per heavy atom. The predicted molar refractivity (Wildman–Crippen MR) is 49.5 cm³/mol. The van der Waals surface area contributed by atoms with Crippen LogP contribution in [-0.2, 0) is 14.3 Å². The number of fused-ring (bicyclic) bond motifs is 1. The first-order chi connectivity index (χ1) is 6.65. The van der Waals surface area contributed by atoms with Crippen molar-refractivity contribution >= 4 is 5.97 Å². The number of carbonyl (C=O) groups is 1. The molecule has 2 bridgehead atoms. The second-order valence-electron chi connectivity index (χ2n) is 5.00. The van der Waals surface area contributed by atoms with E-state index in [0.29, 0.717) is 5.92 Å². The zero-order valence-corrected chi connectivity index (χ0v) is 8.54. The minimum absolute atomic E-state index is 0.0952. The van der Waals surface area contributed by atoms with Gasteiger partial charge in [-0.05, 0) is 31.6 Å². The van der Waals surface area contributed by atoms with Crippen LogP contribution in [0.2, 0.25) is 0 Å². The van der Waals surface area contributed by atoms with E-state index in [1.807, 2.05) is 6.92 Å². The molecule has 3 unspecified atom stereocenters. The van der Waals surface area contributed by atoms with Crippen LogP contribution < -0.4 is 0 Å². The molecule has 14 heavy (non-hydrogen) atoms. The van der Waals surface area contributed by atoms with Crippen LogP contribution in [0.5, 0.6) is 0 Å². The smallest absolute Gasteiger partial charge is 0.341 e. The first kappa shape index (κ1) is 8.72. The number of hydrogen-bond donors (Lipinski definition) is 0. The van der Waals surface area contributed by atoms with Gasteiger partial charge in [0.05, 0.1) is 0 Å². The number of carbonyl (C=O) groups excluding carboxylic acids is 1. The van der Waals surface area contributed by atoms with Gasteiger partial charge in [-0.15, -0.1) is 0 Å². The number of esters is 1. The maximum Gasteiger partial charge on any atom is 0.341 e. The van der Waals surface area contributed by atoms with Crippen molar-refractivity contribution in [1.82, 2.24) is 0 Å². The Hall–Kier alpha value is -0.570. The highest BCUT2D eigenvalue weighted by Crippen LogP contribution is 2.53. The van der Waals surface area contributed by atoms with Crippen molar-refractivity contribution in [2.24, 2.45) is 5.92 Å². The molecule has 0 aromatic carbocycles. The molecular formula is C11H16O3. The van der Waals surface area contributed by atoms with E-state index in [2.05, 4.69) is 0 Å². The van der Waals surface area contributed by atoms with Gasteiger partial charge in [-0.25, -0.2) is 4.79 Å². The molecule has 0 radical (unpaired) electrons. The Labute approximate surface area is 83.8 Å². The number of hydrogen-bond acceptors (Lipinski definition) is 3. The quantitative estimate of drug-likeness (QED) is 0.556. The summed E-state index contributed by atoms with van der Waals surface area (Å²) >= 11 is 0. The second kappa shape index (κ2) is 2.51. The van der Waals surface area contributed by atoms with E-state index in [-0.39, 0.29) is 5.97 Å². The molecule has 3 heteroatoms. The third-order valence-corrected chi connectivity index (χ3v) is 4.01. The average Bonchev–Trinajstić information content (AvgIpc) is 2.34. The van der Waals surface area contributed by atoms with Gasteiger partial charge in [-0.1, -0.05) is 6.42 Å². The maximum atomic E-state index is 11.9. The summed E-state index contributed by atoms with van der Waals surface area (Å²) in [6.45, 7) is 1.89. The van der Waals surface area contributed by atoms with Crippen LogP contribution >= 0.6 is 0 Å². The molecule has 3 aliphatic rings. The Kier molecular flexibility index (Phi) is 1.56. The molecule has 3 atom stereocenters. The molecule has 0 aromatic rings. The molecule has 1 aliphatic carbocycles. The summed E-state index contributed by atoms with van der Waals surface area (Å²) in [7, 11) is 0. The monoisotopic (exact) mass is 196 g/mol. The topological polar surface area (TPSA) is 35.5 Å². The van der Waals surface area contributed by atoms with Crippen LogP contribution in [0.25, 0.3) is 0 Å². The van der Waals surface area contributed by atoms with Crippen molar-refractivity contribution in [3.63, 3.8) is 0 Å². The van der Waals surface area contributed by atoms with Crippen LogP contribution in [-0.4, -0.2) is 17.4 Å². The lowest BCUT2D eigenvalue weighted by Crippen LogP contribution is -2.50. The molecule has 2 aliphatic heterocycles. The second-order valence-corrected chi connectivity index (χ2v) is 5.00. The molecule has 3 fully saturated rings. The van der Waals surface area contributed by atoms with Crippen LogP contribution in [0.1, 0.15) is 45.4 Å². The van der Waals surface area contributed by atoms with Crippen molar-refractivity contribution in [3.8, 4) is 0 Å². The van der Waals surface area contributed by atoms with Crippen molar-refractivity contribution in [1.29, 1.82) is 0 Å². The largest absolute Gasteiger partial charge is 0.431 e. The zero-order chi connectivity index (χ0) is 9.81. The number of ether oxygens (including phenoxy) is 2. The van der Waals surface area contributed by atoms with Crippen molar-refractivity contribution in [3.05, 3.63) is 0 Å². The normalized spacial score (nSPS) is 51.2. The van der Waals surface area contributed by atoms with E-state index in [1.165, 1.54) is 6.42 Å². The Balaban J connectivity index is 2.00. The highest BCUT2D eigenvalue weighted by atomic mass is 16.8. The summed E-state index contributed by atoms with van der Waals surface area (Å²) in [6.07, 6.45) is 6.28. The molecule has 0 amide bonds. The molecule has 2 saturated heterocycles. The summed E-state index contributed by atoms with van der Waals surface area (Å²) in [6, 6.07) is 0. The van der Waals surface area contributed by atoms with Gasteiger partial charge in [0, 0.05) is 13.3 Å². The van der Waals surface area contributed by atoms with Crippen molar-refractivity contribution in [2.45, 2.75) is 56.8 Å². The fourth-order valence-corrected chi connectivity index (χ4v) is 3.26. The lowest BCUT2D eigenvalue weighted by molar-refractivity contribution is -0.223. The lowest BCUT2D eigenvalue weighted by Gasteiger charge is -2.42. The molecular weight excluding hydrogens is 180 g/mol. The van der Waals surface area contributed by atoms with Gasteiger partial charge < -0.3 is 9.47 Å². The standard InChI is InChI=1S/C11H16O3/c1-10-7-5-8-4-2-3-6-11(8,14-10)9(12)13-10/h8H,2-7H2,1H3. The van der Waals surface area contributed by atoms with E-state index in [9.17, 15) is 4.79 Å². The van der Waals surface area contributed by atoms with E-state index >= 15 is 0 Å². The van der Waals surface area contributed by atoms with Crippen molar-refractivity contribution in [2.75, 3.05) is 0 Å². The summed E-state index contributed by atoms with van der Waals surface area (Å²) in [5.74, 6) is -0.285. The van der Waals surface area contributed by atoms with Crippen LogP contribution in [0.4, 0.5) is 0 Å². The van der Waals surface area contributed by atoms with Gasteiger partial charge in [-0.3, -0.25) is 0 Å². The molecule has 1 saturated carbocycles.